The standard InChI is InChI=1S/C16H20N2.C10H15NO3/c1-3-7-15(8-4-1)13-17-11-12-18-14-16-9-5-2-6-10-16;1-4-5(2)8-9(13)7(6(3)12)10(14)11-8/h1-10,17-18H,11-14H2;5,8,12H,4H2,1-3H3,(H,11,14)/b;7-6+/t;5-,8+/m.1/s1. The van der Waals surface area contributed by atoms with Gasteiger partial charge in [-0.2, -0.15) is 0 Å². The van der Waals surface area contributed by atoms with Crippen LogP contribution in [-0.4, -0.2) is 35.9 Å². The van der Waals surface area contributed by atoms with Gasteiger partial charge in [0, 0.05) is 26.2 Å². The second-order valence-electron chi connectivity index (χ2n) is 7.99. The number of hydrogen-bond donors (Lipinski definition) is 4. The first-order chi connectivity index (χ1) is 15.4. The van der Waals surface area contributed by atoms with Crippen LogP contribution in [0.2, 0.25) is 0 Å². The summed E-state index contributed by atoms with van der Waals surface area (Å²) in [4.78, 5) is 23.0. The Labute approximate surface area is 191 Å². The third-order valence-electron chi connectivity index (χ3n) is 5.44. The van der Waals surface area contributed by atoms with Gasteiger partial charge >= 0.3 is 0 Å². The van der Waals surface area contributed by atoms with E-state index < -0.39 is 11.9 Å². The molecular weight excluding hydrogens is 402 g/mol. The van der Waals surface area contributed by atoms with Crippen LogP contribution in [0.25, 0.3) is 0 Å². The highest BCUT2D eigenvalue weighted by Crippen LogP contribution is 2.20. The van der Waals surface area contributed by atoms with Crippen molar-refractivity contribution in [1.82, 2.24) is 16.0 Å². The van der Waals surface area contributed by atoms with Gasteiger partial charge in [0.05, 0.1) is 6.04 Å². The van der Waals surface area contributed by atoms with E-state index in [0.29, 0.717) is 0 Å². The van der Waals surface area contributed by atoms with Crippen molar-refractivity contribution in [3.05, 3.63) is 83.1 Å². The molecule has 6 nitrogen and oxygen atoms in total. The highest BCUT2D eigenvalue weighted by molar-refractivity contribution is 6.26. The number of ketones is 1. The molecule has 1 fully saturated rings. The summed E-state index contributed by atoms with van der Waals surface area (Å²) in [6.45, 7) is 9.06. The smallest absolute Gasteiger partial charge is 0.259 e. The van der Waals surface area contributed by atoms with E-state index in [9.17, 15) is 9.59 Å². The Kier molecular flexibility index (Phi) is 10.6. The van der Waals surface area contributed by atoms with E-state index in [1.807, 2.05) is 26.0 Å². The highest BCUT2D eigenvalue weighted by atomic mass is 16.3. The van der Waals surface area contributed by atoms with E-state index in [2.05, 4.69) is 64.5 Å². The van der Waals surface area contributed by atoms with Gasteiger partial charge in [-0.05, 0) is 24.0 Å². The predicted octanol–water partition coefficient (Wildman–Crippen LogP) is 3.50. The average Bonchev–Trinajstić information content (AvgIpc) is 3.11. The molecule has 2 aromatic rings. The third-order valence-corrected chi connectivity index (χ3v) is 5.44. The number of aliphatic hydroxyl groups is 1. The van der Waals surface area contributed by atoms with E-state index in [0.717, 1.165) is 32.6 Å². The number of hydrogen-bond acceptors (Lipinski definition) is 5. The maximum Gasteiger partial charge on any atom is 0.259 e. The van der Waals surface area contributed by atoms with Crippen molar-refractivity contribution in [2.24, 2.45) is 5.92 Å². The molecule has 0 saturated carbocycles. The van der Waals surface area contributed by atoms with Crippen molar-refractivity contribution in [3.8, 4) is 0 Å². The van der Waals surface area contributed by atoms with Crippen LogP contribution in [0.1, 0.15) is 38.3 Å². The number of carbonyl (C=O) groups is 2. The molecule has 2 aromatic carbocycles. The quantitative estimate of drug-likeness (QED) is 0.209. The SMILES string of the molecule is CC[C@@H](C)[C@@H]1NC(=O)/C(=C(\C)O)C1=O.c1ccc(CNCCNCc2ccccc2)cc1. The van der Waals surface area contributed by atoms with Gasteiger partial charge in [-0.25, -0.2) is 0 Å². The Morgan fingerprint density at radius 1 is 0.938 bits per heavy atom. The van der Waals surface area contributed by atoms with Crippen molar-refractivity contribution in [2.75, 3.05) is 13.1 Å². The molecule has 1 heterocycles. The summed E-state index contributed by atoms with van der Waals surface area (Å²) in [6.07, 6.45) is 0.814. The molecule has 0 unspecified atom stereocenters. The van der Waals surface area contributed by atoms with Crippen molar-refractivity contribution < 1.29 is 14.7 Å². The maximum atomic E-state index is 11.7. The number of carbonyl (C=O) groups excluding carboxylic acids is 2. The summed E-state index contributed by atoms with van der Waals surface area (Å²) in [5.74, 6) is -0.841. The molecule has 1 aliphatic heterocycles. The van der Waals surface area contributed by atoms with Gasteiger partial charge in [-0.3, -0.25) is 9.59 Å². The van der Waals surface area contributed by atoms with Crippen LogP contribution >= 0.6 is 0 Å². The molecule has 0 aromatic heterocycles. The largest absolute Gasteiger partial charge is 0.512 e. The summed E-state index contributed by atoms with van der Waals surface area (Å²) in [6, 6.07) is 20.5. The fraction of sp³-hybridized carbons (Fsp3) is 0.385. The summed E-state index contributed by atoms with van der Waals surface area (Å²) >= 11 is 0. The second kappa shape index (κ2) is 13.5. The minimum atomic E-state index is -0.468. The molecule has 1 saturated heterocycles. The molecule has 32 heavy (non-hydrogen) atoms. The number of nitrogens with one attached hydrogen (secondary N) is 3. The molecule has 3 rings (SSSR count). The first kappa shape index (κ1) is 25.3. The minimum absolute atomic E-state index is 0.0877. The van der Waals surface area contributed by atoms with Gasteiger partial charge in [-0.15, -0.1) is 0 Å². The van der Waals surface area contributed by atoms with Crippen LogP contribution in [0.5, 0.6) is 0 Å². The fourth-order valence-electron chi connectivity index (χ4n) is 3.36. The molecule has 6 heteroatoms. The van der Waals surface area contributed by atoms with E-state index in [-0.39, 0.29) is 23.0 Å². The average molecular weight is 438 g/mol. The topological polar surface area (TPSA) is 90.5 Å². The van der Waals surface area contributed by atoms with Crippen LogP contribution in [-0.2, 0) is 22.7 Å². The third kappa shape index (κ3) is 7.94. The summed E-state index contributed by atoms with van der Waals surface area (Å²) < 4.78 is 0. The summed E-state index contributed by atoms with van der Waals surface area (Å²) in [5, 5.41) is 18.6. The first-order valence-electron chi connectivity index (χ1n) is 11.2. The Morgan fingerprint density at radius 2 is 1.41 bits per heavy atom. The number of aliphatic hydroxyl groups excluding tert-OH is 1. The molecule has 0 aliphatic carbocycles. The molecule has 2 atom stereocenters. The lowest BCUT2D eigenvalue weighted by Gasteiger charge is -2.14. The van der Waals surface area contributed by atoms with Crippen molar-refractivity contribution in [2.45, 2.75) is 46.3 Å². The Balaban J connectivity index is 0.000000235. The number of allylic oxidation sites excluding steroid dienone is 1. The number of amides is 1. The lowest BCUT2D eigenvalue weighted by molar-refractivity contribution is -0.117. The van der Waals surface area contributed by atoms with E-state index in [1.54, 1.807) is 0 Å². The first-order valence-corrected chi connectivity index (χ1v) is 11.2. The predicted molar refractivity (Wildman–Crippen MR) is 128 cm³/mol. The monoisotopic (exact) mass is 437 g/mol. The molecular formula is C26H35N3O3. The van der Waals surface area contributed by atoms with Crippen LogP contribution in [0.15, 0.2) is 72.0 Å². The van der Waals surface area contributed by atoms with Gasteiger partial charge < -0.3 is 21.1 Å². The Morgan fingerprint density at radius 3 is 1.78 bits per heavy atom. The molecule has 0 bridgehead atoms. The van der Waals surface area contributed by atoms with E-state index in [1.165, 1.54) is 18.1 Å². The molecule has 0 radical (unpaired) electrons. The highest BCUT2D eigenvalue weighted by Gasteiger charge is 2.39. The normalized spacial score (nSPS) is 17.9. The molecule has 172 valence electrons. The minimum Gasteiger partial charge on any atom is -0.512 e. The number of rotatable bonds is 9. The number of Topliss-reactive ketones (excluding diaryl/α,β-unsaturated/α-hetero) is 1. The maximum absolute atomic E-state index is 11.7. The Hall–Kier alpha value is -2.96. The van der Waals surface area contributed by atoms with Crippen molar-refractivity contribution >= 4 is 11.7 Å². The Bertz CT molecular complexity index is 834. The summed E-state index contributed by atoms with van der Waals surface area (Å²) in [5.41, 5.74) is 2.58. The van der Waals surface area contributed by atoms with Gasteiger partial charge in [-0.1, -0.05) is 80.9 Å². The zero-order valence-corrected chi connectivity index (χ0v) is 19.2. The van der Waals surface area contributed by atoms with Gasteiger partial charge in [0.25, 0.3) is 5.91 Å². The summed E-state index contributed by atoms with van der Waals surface area (Å²) in [7, 11) is 0. The lowest BCUT2D eigenvalue weighted by Crippen LogP contribution is -2.35. The van der Waals surface area contributed by atoms with Crippen LogP contribution in [0.4, 0.5) is 0 Å². The molecule has 0 spiro atoms. The van der Waals surface area contributed by atoms with Crippen LogP contribution in [0.3, 0.4) is 0 Å². The fourth-order valence-corrected chi connectivity index (χ4v) is 3.36. The lowest BCUT2D eigenvalue weighted by atomic mass is 9.95. The van der Waals surface area contributed by atoms with Gasteiger partial charge in [0.15, 0.2) is 5.78 Å². The van der Waals surface area contributed by atoms with Crippen LogP contribution < -0.4 is 16.0 Å². The second-order valence-corrected chi connectivity index (χ2v) is 7.99. The van der Waals surface area contributed by atoms with E-state index in [4.69, 9.17) is 5.11 Å². The number of benzene rings is 2. The molecule has 1 aliphatic rings. The zero-order valence-electron chi connectivity index (χ0n) is 19.2. The molecule has 1 amide bonds. The zero-order chi connectivity index (χ0) is 23.3. The van der Waals surface area contributed by atoms with Gasteiger partial charge in [0.1, 0.15) is 11.3 Å². The van der Waals surface area contributed by atoms with Crippen molar-refractivity contribution in [3.63, 3.8) is 0 Å². The van der Waals surface area contributed by atoms with E-state index >= 15 is 0 Å². The van der Waals surface area contributed by atoms with Crippen LogP contribution in [0, 0.1) is 5.92 Å². The van der Waals surface area contributed by atoms with Crippen molar-refractivity contribution in [1.29, 1.82) is 0 Å². The van der Waals surface area contributed by atoms with Gasteiger partial charge in [0.2, 0.25) is 0 Å². The molecule has 4 N–H and O–H groups in total.